The van der Waals surface area contributed by atoms with Crippen LogP contribution in [0.15, 0.2) is 12.4 Å². The number of carbonyl (C=O) groups excluding carboxylic acids is 1. The molecule has 27 heavy (non-hydrogen) atoms. The molecule has 1 N–H and O–H groups in total. The molecule has 0 saturated heterocycles. The first-order chi connectivity index (χ1) is 13.1. The van der Waals surface area contributed by atoms with Crippen LogP contribution in [0.5, 0.6) is 5.88 Å². The second kappa shape index (κ2) is 10.6. The number of hydrogen-bond acceptors (Lipinski definition) is 5. The predicted molar refractivity (Wildman–Crippen MR) is 102 cm³/mol. The largest absolute Gasteiger partial charge is 0.476 e. The van der Waals surface area contributed by atoms with E-state index in [1.165, 1.54) is 6.20 Å². The molecule has 0 atom stereocenters. The number of aryl methyl sites for hydroxylation is 1. The Morgan fingerprint density at radius 3 is 2.56 bits per heavy atom. The summed E-state index contributed by atoms with van der Waals surface area (Å²) in [4.78, 5) is 31.9. The lowest BCUT2D eigenvalue weighted by Crippen LogP contribution is -2.08. The van der Waals surface area contributed by atoms with Gasteiger partial charge >= 0.3 is 5.97 Å². The van der Waals surface area contributed by atoms with Gasteiger partial charge in [0.25, 0.3) is 0 Å². The van der Waals surface area contributed by atoms with Gasteiger partial charge in [-0.3, -0.25) is 9.20 Å². The number of aromatic carboxylic acids is 1. The van der Waals surface area contributed by atoms with E-state index >= 15 is 0 Å². The Balaban J connectivity index is 2.14. The second-order valence-corrected chi connectivity index (χ2v) is 6.68. The van der Waals surface area contributed by atoms with Crippen molar-refractivity contribution in [1.82, 2.24) is 14.4 Å². The molecule has 2 heterocycles. The molecule has 7 nitrogen and oxygen atoms in total. The summed E-state index contributed by atoms with van der Waals surface area (Å²) in [6.45, 7) is 4.42. The molecule has 2 aromatic heterocycles. The van der Waals surface area contributed by atoms with Crippen LogP contribution in [0.1, 0.15) is 81.5 Å². The van der Waals surface area contributed by atoms with Crippen molar-refractivity contribution in [2.24, 2.45) is 0 Å². The van der Waals surface area contributed by atoms with Crippen LogP contribution < -0.4 is 4.74 Å². The summed E-state index contributed by atoms with van der Waals surface area (Å²) in [5.74, 6) is 0.0359. The molecule has 0 aliphatic rings. The van der Waals surface area contributed by atoms with E-state index in [2.05, 4.69) is 23.8 Å². The zero-order valence-corrected chi connectivity index (χ0v) is 16.2. The van der Waals surface area contributed by atoms with E-state index in [1.54, 1.807) is 10.6 Å². The van der Waals surface area contributed by atoms with Gasteiger partial charge in [-0.15, -0.1) is 0 Å². The molecule has 0 aliphatic carbocycles. The van der Waals surface area contributed by atoms with Crippen molar-refractivity contribution in [2.45, 2.75) is 71.6 Å². The number of aromatic nitrogens is 3. The smallest absolute Gasteiger partial charge is 0.356 e. The molecule has 148 valence electrons. The number of carboxylic acids is 1. The maximum Gasteiger partial charge on any atom is 0.356 e. The molecule has 0 radical (unpaired) electrons. The van der Waals surface area contributed by atoms with Crippen molar-refractivity contribution in [3.8, 4) is 5.88 Å². The van der Waals surface area contributed by atoms with Crippen LogP contribution >= 0.6 is 0 Å². The number of carbonyl (C=O) groups is 2. The molecule has 0 unspecified atom stereocenters. The van der Waals surface area contributed by atoms with Crippen molar-refractivity contribution < 1.29 is 19.4 Å². The molecule has 0 spiro atoms. The number of carboxylic acid groups (broad SMARTS) is 1. The number of ether oxygens (including phenoxy) is 1. The maximum absolute atomic E-state index is 11.9. The molecular weight excluding hydrogens is 346 g/mol. The SMILES string of the molecule is CCCCCC(=O)CCOc1nc(CCCCC)n2ccnc(C(=O)O)c12. The number of imidazole rings is 1. The van der Waals surface area contributed by atoms with E-state index in [0.29, 0.717) is 18.4 Å². The minimum absolute atomic E-state index is 0.0870. The van der Waals surface area contributed by atoms with Gasteiger partial charge in [0.05, 0.1) is 6.61 Å². The van der Waals surface area contributed by atoms with Gasteiger partial charge in [-0.1, -0.05) is 39.5 Å². The van der Waals surface area contributed by atoms with Crippen LogP contribution in [0.4, 0.5) is 0 Å². The van der Waals surface area contributed by atoms with E-state index in [9.17, 15) is 14.7 Å². The van der Waals surface area contributed by atoms with Gasteiger partial charge in [0, 0.05) is 31.7 Å². The average Bonchev–Trinajstić information content (AvgIpc) is 3.00. The highest BCUT2D eigenvalue weighted by atomic mass is 16.5. The van der Waals surface area contributed by atoms with Gasteiger partial charge in [-0.2, -0.15) is 4.98 Å². The first-order valence-corrected chi connectivity index (χ1v) is 9.82. The third-order valence-corrected chi connectivity index (χ3v) is 4.48. The number of rotatable bonds is 13. The Hall–Kier alpha value is -2.44. The van der Waals surface area contributed by atoms with Gasteiger partial charge in [-0.25, -0.2) is 9.78 Å². The van der Waals surface area contributed by atoms with Gasteiger partial charge in [0.1, 0.15) is 17.1 Å². The highest BCUT2D eigenvalue weighted by Crippen LogP contribution is 2.24. The summed E-state index contributed by atoms with van der Waals surface area (Å²) in [5, 5.41) is 9.45. The zero-order valence-electron chi connectivity index (χ0n) is 16.2. The Morgan fingerprint density at radius 1 is 1.11 bits per heavy atom. The van der Waals surface area contributed by atoms with Crippen LogP contribution in [-0.2, 0) is 11.2 Å². The number of fused-ring (bicyclic) bond motifs is 1. The molecule has 0 aliphatic heterocycles. The molecule has 0 bridgehead atoms. The zero-order chi connectivity index (χ0) is 19.6. The number of unbranched alkanes of at least 4 members (excludes halogenated alkanes) is 4. The molecule has 7 heteroatoms. The van der Waals surface area contributed by atoms with Crippen molar-refractivity contribution in [3.63, 3.8) is 0 Å². The number of nitrogens with zero attached hydrogens (tertiary/aromatic N) is 3. The third kappa shape index (κ3) is 5.77. The van der Waals surface area contributed by atoms with Crippen LogP contribution in [0.3, 0.4) is 0 Å². The normalized spacial score (nSPS) is 11.0. The van der Waals surface area contributed by atoms with Crippen LogP contribution in [0, 0.1) is 0 Å². The quantitative estimate of drug-likeness (QED) is 0.530. The Bertz CT molecular complexity index is 770. The third-order valence-electron chi connectivity index (χ3n) is 4.48. The molecular formula is C20H29N3O4. The van der Waals surface area contributed by atoms with Gasteiger partial charge in [-0.05, 0) is 12.8 Å². The topological polar surface area (TPSA) is 93.8 Å². The minimum Gasteiger partial charge on any atom is -0.476 e. The number of hydrogen-bond donors (Lipinski definition) is 1. The predicted octanol–water partition coefficient (Wildman–Crippen LogP) is 4.08. The number of ketones is 1. The van der Waals surface area contributed by atoms with Crippen LogP contribution in [0.2, 0.25) is 0 Å². The fourth-order valence-electron chi connectivity index (χ4n) is 2.99. The fourth-order valence-corrected chi connectivity index (χ4v) is 2.99. The summed E-state index contributed by atoms with van der Waals surface area (Å²) in [6, 6.07) is 0. The van der Waals surface area contributed by atoms with E-state index in [1.807, 2.05) is 0 Å². The Kier molecular flexibility index (Phi) is 8.23. The van der Waals surface area contributed by atoms with E-state index < -0.39 is 5.97 Å². The lowest BCUT2D eigenvalue weighted by atomic mass is 10.1. The van der Waals surface area contributed by atoms with Gasteiger partial charge in [0.15, 0.2) is 5.69 Å². The highest BCUT2D eigenvalue weighted by molar-refractivity contribution is 5.95. The Morgan fingerprint density at radius 2 is 1.85 bits per heavy atom. The highest BCUT2D eigenvalue weighted by Gasteiger charge is 2.20. The van der Waals surface area contributed by atoms with Crippen molar-refractivity contribution >= 4 is 17.3 Å². The second-order valence-electron chi connectivity index (χ2n) is 6.68. The summed E-state index contributed by atoms with van der Waals surface area (Å²) in [5.41, 5.74) is 0.269. The lowest BCUT2D eigenvalue weighted by molar-refractivity contribution is -0.119. The van der Waals surface area contributed by atoms with E-state index in [4.69, 9.17) is 4.74 Å². The Labute approximate surface area is 159 Å². The molecule has 2 aromatic rings. The summed E-state index contributed by atoms with van der Waals surface area (Å²) in [6.07, 6.45) is 10.9. The van der Waals surface area contributed by atoms with Crippen molar-refractivity contribution in [2.75, 3.05) is 6.61 Å². The molecule has 0 saturated carbocycles. The van der Waals surface area contributed by atoms with Crippen LogP contribution in [-0.4, -0.2) is 37.8 Å². The monoisotopic (exact) mass is 375 g/mol. The maximum atomic E-state index is 11.9. The average molecular weight is 375 g/mol. The summed E-state index contributed by atoms with van der Waals surface area (Å²) in [7, 11) is 0. The molecule has 0 amide bonds. The number of Topliss-reactive ketones (excluding diaryl/α,β-unsaturated/α-hetero) is 1. The van der Waals surface area contributed by atoms with Gasteiger partial charge < -0.3 is 9.84 Å². The summed E-state index contributed by atoms with van der Waals surface area (Å²) < 4.78 is 7.46. The van der Waals surface area contributed by atoms with E-state index in [-0.39, 0.29) is 24.0 Å². The van der Waals surface area contributed by atoms with Crippen molar-refractivity contribution in [1.29, 1.82) is 0 Å². The molecule has 0 aromatic carbocycles. The van der Waals surface area contributed by atoms with Crippen molar-refractivity contribution in [3.05, 3.63) is 23.9 Å². The van der Waals surface area contributed by atoms with Crippen LogP contribution in [0.25, 0.3) is 5.52 Å². The minimum atomic E-state index is -1.12. The molecule has 2 rings (SSSR count). The van der Waals surface area contributed by atoms with E-state index in [0.717, 1.165) is 50.8 Å². The molecule has 0 fully saturated rings. The summed E-state index contributed by atoms with van der Waals surface area (Å²) >= 11 is 0. The standard InChI is InChI=1S/C20H29N3O4/c1-3-5-7-9-15(24)11-14-27-19-18-17(20(25)26)21-12-13-23(18)16(22-19)10-8-6-4-2/h12-13H,3-11,14H2,1-2H3,(H,25,26). The first kappa shape index (κ1) is 20.9. The lowest BCUT2D eigenvalue weighted by Gasteiger charge is -2.05. The van der Waals surface area contributed by atoms with Gasteiger partial charge in [0.2, 0.25) is 5.88 Å². The first-order valence-electron chi connectivity index (χ1n) is 9.82. The fraction of sp³-hybridized carbons (Fsp3) is 0.600.